The lowest BCUT2D eigenvalue weighted by Crippen LogP contribution is -2.56. The van der Waals surface area contributed by atoms with Gasteiger partial charge in [-0.25, -0.2) is 0 Å². The van der Waals surface area contributed by atoms with Crippen LogP contribution in [0.25, 0.3) is 0 Å². The zero-order valence-corrected chi connectivity index (χ0v) is 11.0. The first-order valence-electron chi connectivity index (χ1n) is 6.33. The first kappa shape index (κ1) is 11.1. The molecule has 3 rings (SSSR count). The lowest BCUT2D eigenvalue weighted by Gasteiger charge is -2.40. The van der Waals surface area contributed by atoms with E-state index in [2.05, 4.69) is 39.0 Å². The van der Waals surface area contributed by atoms with Gasteiger partial charge in [-0.05, 0) is 45.2 Å². The van der Waals surface area contributed by atoms with Gasteiger partial charge in [0.25, 0.3) is 0 Å². The highest BCUT2D eigenvalue weighted by molar-refractivity contribution is 5.51. The molecule has 2 aliphatic rings. The maximum Gasteiger partial charge on any atom is 0.144 e. The van der Waals surface area contributed by atoms with Crippen LogP contribution in [0.1, 0.15) is 44.7 Å². The minimum absolute atomic E-state index is 0.0699. The van der Waals surface area contributed by atoms with Crippen LogP contribution < -0.4 is 4.74 Å². The predicted molar refractivity (Wildman–Crippen MR) is 67.4 cm³/mol. The van der Waals surface area contributed by atoms with E-state index in [1.54, 1.807) is 0 Å². The van der Waals surface area contributed by atoms with Crippen LogP contribution in [0.15, 0.2) is 18.2 Å². The number of aryl methyl sites for hydroxylation is 1. The van der Waals surface area contributed by atoms with E-state index in [4.69, 9.17) is 4.74 Å². The number of fused-ring (bicyclic) bond motifs is 3. The van der Waals surface area contributed by atoms with Crippen molar-refractivity contribution in [2.75, 3.05) is 0 Å². The Morgan fingerprint density at radius 3 is 2.59 bits per heavy atom. The Kier molecular flexibility index (Phi) is 1.87. The normalized spacial score (nSPS) is 43.1. The molecule has 1 N–H and O–H groups in total. The van der Waals surface area contributed by atoms with Crippen molar-refractivity contribution >= 4 is 0 Å². The van der Waals surface area contributed by atoms with Gasteiger partial charge in [-0.15, -0.1) is 0 Å². The van der Waals surface area contributed by atoms with Crippen molar-refractivity contribution < 1.29 is 9.84 Å². The predicted octanol–water partition coefficient (Wildman–Crippen LogP) is 2.95. The van der Waals surface area contributed by atoms with Crippen molar-refractivity contribution in [3.05, 3.63) is 29.3 Å². The molecule has 1 aliphatic carbocycles. The Hall–Kier alpha value is -1.02. The maximum atomic E-state index is 10.6. The summed E-state index contributed by atoms with van der Waals surface area (Å²) < 4.78 is 6.17. The Balaban J connectivity index is 2.21. The SMILES string of the molecule is Cc1ccc2c(c1)OC1(C)C(C)(O)CCC21C. The minimum Gasteiger partial charge on any atom is -0.483 e. The molecule has 17 heavy (non-hydrogen) atoms. The van der Waals surface area contributed by atoms with Crippen LogP contribution in [0, 0.1) is 6.92 Å². The summed E-state index contributed by atoms with van der Waals surface area (Å²) in [6.45, 7) is 8.24. The summed E-state index contributed by atoms with van der Waals surface area (Å²) in [5.74, 6) is 0.954. The van der Waals surface area contributed by atoms with Gasteiger partial charge in [-0.3, -0.25) is 0 Å². The molecule has 2 heteroatoms. The fraction of sp³-hybridized carbons (Fsp3) is 0.600. The van der Waals surface area contributed by atoms with E-state index in [0.717, 1.165) is 18.6 Å². The van der Waals surface area contributed by atoms with Gasteiger partial charge in [-0.1, -0.05) is 19.1 Å². The standard InChI is InChI=1S/C15H20O2/c1-10-5-6-11-12(9-10)17-15(4)13(11,2)7-8-14(15,3)16/h5-6,9,16H,7-8H2,1-4H3. The van der Waals surface area contributed by atoms with Crippen molar-refractivity contribution in [3.63, 3.8) is 0 Å². The summed E-state index contributed by atoms with van der Waals surface area (Å²) in [6, 6.07) is 6.38. The number of rotatable bonds is 0. The molecule has 1 aliphatic heterocycles. The van der Waals surface area contributed by atoms with Crippen LogP contribution in [-0.2, 0) is 5.41 Å². The average Bonchev–Trinajstić information content (AvgIpc) is 2.55. The largest absolute Gasteiger partial charge is 0.483 e. The second kappa shape index (κ2) is 2.86. The molecule has 1 fully saturated rings. The van der Waals surface area contributed by atoms with Crippen molar-refractivity contribution in [2.24, 2.45) is 0 Å². The molecule has 3 atom stereocenters. The van der Waals surface area contributed by atoms with Crippen LogP contribution in [0.3, 0.4) is 0 Å². The fourth-order valence-electron chi connectivity index (χ4n) is 3.57. The number of hydrogen-bond acceptors (Lipinski definition) is 2. The number of aliphatic hydroxyl groups is 1. The highest BCUT2D eigenvalue weighted by Gasteiger charge is 2.67. The average molecular weight is 232 g/mol. The molecule has 0 amide bonds. The van der Waals surface area contributed by atoms with Gasteiger partial charge < -0.3 is 9.84 Å². The molecule has 92 valence electrons. The third-order valence-corrected chi connectivity index (χ3v) is 5.24. The van der Waals surface area contributed by atoms with Crippen LogP contribution in [0.4, 0.5) is 0 Å². The molecule has 3 unspecified atom stereocenters. The van der Waals surface area contributed by atoms with Gasteiger partial charge in [-0.2, -0.15) is 0 Å². The lowest BCUT2D eigenvalue weighted by atomic mass is 9.70. The number of benzene rings is 1. The highest BCUT2D eigenvalue weighted by atomic mass is 16.5. The Morgan fingerprint density at radius 1 is 1.18 bits per heavy atom. The number of ether oxygens (including phenoxy) is 1. The zero-order chi connectivity index (χ0) is 12.5. The van der Waals surface area contributed by atoms with Crippen LogP contribution >= 0.6 is 0 Å². The van der Waals surface area contributed by atoms with Crippen LogP contribution in [0.2, 0.25) is 0 Å². The van der Waals surface area contributed by atoms with Crippen LogP contribution in [0.5, 0.6) is 5.75 Å². The van der Waals surface area contributed by atoms with Gasteiger partial charge >= 0.3 is 0 Å². The molecule has 1 heterocycles. The van der Waals surface area contributed by atoms with Crippen molar-refractivity contribution in [3.8, 4) is 5.75 Å². The van der Waals surface area contributed by atoms with Crippen molar-refractivity contribution in [1.29, 1.82) is 0 Å². The molecule has 0 bridgehead atoms. The van der Waals surface area contributed by atoms with Gasteiger partial charge in [0.2, 0.25) is 0 Å². The van der Waals surface area contributed by atoms with E-state index in [1.807, 2.05) is 6.92 Å². The van der Waals surface area contributed by atoms with Crippen LogP contribution in [-0.4, -0.2) is 16.3 Å². The highest BCUT2D eigenvalue weighted by Crippen LogP contribution is 2.61. The monoisotopic (exact) mass is 232 g/mol. The minimum atomic E-state index is -0.755. The lowest BCUT2D eigenvalue weighted by molar-refractivity contribution is -0.102. The molecule has 1 saturated carbocycles. The van der Waals surface area contributed by atoms with E-state index >= 15 is 0 Å². The molecule has 1 aromatic rings. The van der Waals surface area contributed by atoms with E-state index < -0.39 is 11.2 Å². The van der Waals surface area contributed by atoms with Gasteiger partial charge in [0.1, 0.15) is 17.0 Å². The van der Waals surface area contributed by atoms with Gasteiger partial charge in [0.15, 0.2) is 0 Å². The molecule has 1 aromatic carbocycles. The molecule has 0 spiro atoms. The molecule has 0 saturated heterocycles. The summed E-state index contributed by atoms with van der Waals surface area (Å²) in [4.78, 5) is 0. The molecule has 0 radical (unpaired) electrons. The van der Waals surface area contributed by atoms with E-state index in [9.17, 15) is 5.11 Å². The summed E-state index contributed by atoms with van der Waals surface area (Å²) in [6.07, 6.45) is 1.78. The fourth-order valence-corrected chi connectivity index (χ4v) is 3.57. The van der Waals surface area contributed by atoms with Crippen molar-refractivity contribution in [1.82, 2.24) is 0 Å². The van der Waals surface area contributed by atoms with E-state index in [-0.39, 0.29) is 5.41 Å². The Labute approximate surface area is 103 Å². The topological polar surface area (TPSA) is 29.5 Å². The van der Waals surface area contributed by atoms with E-state index in [1.165, 1.54) is 11.1 Å². The van der Waals surface area contributed by atoms with Crippen molar-refractivity contribution in [2.45, 2.75) is 57.2 Å². The first-order valence-corrected chi connectivity index (χ1v) is 6.33. The summed E-state index contributed by atoms with van der Waals surface area (Å²) in [5, 5.41) is 10.6. The van der Waals surface area contributed by atoms with E-state index in [0.29, 0.717) is 0 Å². The maximum absolute atomic E-state index is 10.6. The quantitative estimate of drug-likeness (QED) is 0.745. The second-order valence-corrected chi connectivity index (χ2v) is 6.24. The first-order chi connectivity index (χ1) is 7.80. The molecule has 0 aromatic heterocycles. The summed E-state index contributed by atoms with van der Waals surface area (Å²) in [7, 11) is 0. The third kappa shape index (κ3) is 1.10. The van der Waals surface area contributed by atoms with Gasteiger partial charge in [0, 0.05) is 11.0 Å². The molecule has 2 nitrogen and oxygen atoms in total. The number of hydrogen-bond donors (Lipinski definition) is 1. The third-order valence-electron chi connectivity index (χ3n) is 5.24. The summed E-state index contributed by atoms with van der Waals surface area (Å²) >= 11 is 0. The zero-order valence-electron chi connectivity index (χ0n) is 11.0. The van der Waals surface area contributed by atoms with Gasteiger partial charge in [0.05, 0.1) is 0 Å². The smallest absolute Gasteiger partial charge is 0.144 e. The second-order valence-electron chi connectivity index (χ2n) is 6.24. The Morgan fingerprint density at radius 2 is 1.88 bits per heavy atom. The molecular weight excluding hydrogens is 212 g/mol. The Bertz CT molecular complexity index is 492. The molecular formula is C15H20O2. The summed E-state index contributed by atoms with van der Waals surface area (Å²) in [5.41, 5.74) is 1.13.